The normalized spacial score (nSPS) is 15.1. The number of carbonyl (C=O) groups is 2. The average molecular weight is 477 g/mol. The first-order valence-electron chi connectivity index (χ1n) is 11.0. The third kappa shape index (κ3) is 6.39. The van der Waals surface area contributed by atoms with Crippen LogP contribution in [-0.2, 0) is 22.6 Å². The summed E-state index contributed by atoms with van der Waals surface area (Å²) in [6.45, 7) is 2.07. The smallest absolute Gasteiger partial charge is 0.242 e. The van der Waals surface area contributed by atoms with Crippen molar-refractivity contribution < 1.29 is 14.3 Å². The Morgan fingerprint density at radius 3 is 2.28 bits per heavy atom. The molecule has 0 spiro atoms. The van der Waals surface area contributed by atoms with E-state index in [-0.39, 0.29) is 24.3 Å². The third-order valence-corrected chi connectivity index (χ3v) is 6.73. The summed E-state index contributed by atoms with van der Waals surface area (Å²) in [5, 5.41) is 4.02. The molecular weight excluding hydrogens is 447 g/mol. The number of benzene rings is 2. The lowest BCUT2D eigenvalue weighted by atomic mass is 9.95. The molecule has 1 aliphatic rings. The number of halogens is 2. The van der Waals surface area contributed by atoms with Gasteiger partial charge in [-0.1, -0.05) is 60.7 Å². The number of hydrogen-bond donors (Lipinski definition) is 1. The zero-order chi connectivity index (χ0) is 23.1. The van der Waals surface area contributed by atoms with Crippen molar-refractivity contribution in [3.05, 3.63) is 63.6 Å². The number of carbonyl (C=O) groups excluding carboxylic acids is 2. The molecule has 7 heteroatoms. The van der Waals surface area contributed by atoms with Crippen LogP contribution >= 0.6 is 23.2 Å². The van der Waals surface area contributed by atoms with Crippen LogP contribution in [0.2, 0.25) is 10.0 Å². The highest BCUT2D eigenvalue weighted by Crippen LogP contribution is 2.26. The Balaban J connectivity index is 1.80. The second-order valence-electron chi connectivity index (χ2n) is 8.27. The monoisotopic (exact) mass is 476 g/mol. The van der Waals surface area contributed by atoms with Crippen LogP contribution < -0.4 is 10.1 Å². The Bertz CT molecular complexity index is 907. The van der Waals surface area contributed by atoms with E-state index >= 15 is 0 Å². The second kappa shape index (κ2) is 11.6. The van der Waals surface area contributed by atoms with E-state index in [0.717, 1.165) is 37.0 Å². The summed E-state index contributed by atoms with van der Waals surface area (Å²) in [5.74, 6) is 0.392. The highest BCUT2D eigenvalue weighted by atomic mass is 35.5. The van der Waals surface area contributed by atoms with Crippen molar-refractivity contribution in [3.8, 4) is 5.75 Å². The summed E-state index contributed by atoms with van der Waals surface area (Å²) in [4.78, 5) is 28.0. The highest BCUT2D eigenvalue weighted by molar-refractivity contribution is 6.36. The van der Waals surface area contributed by atoms with Crippen molar-refractivity contribution in [3.63, 3.8) is 0 Å². The first-order valence-corrected chi connectivity index (χ1v) is 11.8. The minimum Gasteiger partial charge on any atom is -0.497 e. The number of ether oxygens (including phenoxy) is 1. The van der Waals surface area contributed by atoms with E-state index in [1.54, 1.807) is 37.1 Å². The predicted molar refractivity (Wildman–Crippen MR) is 128 cm³/mol. The fourth-order valence-corrected chi connectivity index (χ4v) is 4.56. The molecule has 1 N–H and O–H groups in total. The Hall–Kier alpha value is -2.24. The van der Waals surface area contributed by atoms with Gasteiger partial charge in [-0.25, -0.2) is 0 Å². The van der Waals surface area contributed by atoms with Gasteiger partial charge < -0.3 is 15.0 Å². The number of amides is 2. The predicted octanol–water partition coefficient (Wildman–Crippen LogP) is 5.41. The first-order chi connectivity index (χ1) is 15.4. The van der Waals surface area contributed by atoms with Gasteiger partial charge >= 0.3 is 0 Å². The van der Waals surface area contributed by atoms with Crippen molar-refractivity contribution in [2.45, 2.75) is 64.1 Å². The van der Waals surface area contributed by atoms with Crippen LogP contribution in [0.3, 0.4) is 0 Å². The summed E-state index contributed by atoms with van der Waals surface area (Å²) >= 11 is 12.6. The topological polar surface area (TPSA) is 58.6 Å². The SMILES string of the molecule is COc1ccc(CN(C(=O)Cc2c(Cl)cccc2Cl)[C@@H](C)C(=O)NC2CCCCC2)cc1. The molecule has 0 aliphatic heterocycles. The van der Waals surface area contributed by atoms with Gasteiger partial charge in [0.05, 0.1) is 13.5 Å². The lowest BCUT2D eigenvalue weighted by Crippen LogP contribution is -2.50. The summed E-state index contributed by atoms with van der Waals surface area (Å²) in [5.41, 5.74) is 1.47. The van der Waals surface area contributed by atoms with E-state index in [9.17, 15) is 9.59 Å². The van der Waals surface area contributed by atoms with E-state index in [2.05, 4.69) is 5.32 Å². The Morgan fingerprint density at radius 2 is 1.69 bits per heavy atom. The minimum absolute atomic E-state index is 0.0235. The molecule has 0 radical (unpaired) electrons. The molecule has 2 aromatic carbocycles. The molecule has 0 aromatic heterocycles. The van der Waals surface area contributed by atoms with Crippen LogP contribution in [-0.4, -0.2) is 35.9 Å². The van der Waals surface area contributed by atoms with Crippen LogP contribution in [0, 0.1) is 0 Å². The molecule has 1 atom stereocenters. The van der Waals surface area contributed by atoms with Crippen molar-refractivity contribution in [2.24, 2.45) is 0 Å². The standard InChI is InChI=1S/C25H30Cl2N2O3/c1-17(25(31)28-19-7-4-3-5-8-19)29(16-18-11-13-20(32-2)14-12-18)24(30)15-21-22(26)9-6-10-23(21)27/h6,9-14,17,19H,3-5,7-8,15-16H2,1-2H3,(H,28,31)/t17-/m0/s1. The molecule has 0 heterocycles. The van der Waals surface area contributed by atoms with Crippen molar-refractivity contribution in [1.82, 2.24) is 10.2 Å². The van der Waals surface area contributed by atoms with Gasteiger partial charge in [-0.3, -0.25) is 9.59 Å². The molecule has 0 saturated heterocycles. The summed E-state index contributed by atoms with van der Waals surface area (Å²) in [6, 6.07) is 12.2. The maximum absolute atomic E-state index is 13.4. The van der Waals surface area contributed by atoms with Crippen LogP contribution in [0.25, 0.3) is 0 Å². The van der Waals surface area contributed by atoms with Gasteiger partial charge in [-0.15, -0.1) is 0 Å². The van der Waals surface area contributed by atoms with Crippen molar-refractivity contribution >= 4 is 35.0 Å². The molecule has 32 heavy (non-hydrogen) atoms. The number of rotatable bonds is 8. The number of methoxy groups -OCH3 is 1. The van der Waals surface area contributed by atoms with Crippen molar-refractivity contribution in [2.75, 3.05) is 7.11 Å². The zero-order valence-electron chi connectivity index (χ0n) is 18.6. The maximum atomic E-state index is 13.4. The first kappa shape index (κ1) is 24.4. The van der Waals surface area contributed by atoms with Crippen LogP contribution in [0.4, 0.5) is 0 Å². The summed E-state index contributed by atoms with van der Waals surface area (Å²) in [7, 11) is 1.61. The number of nitrogens with one attached hydrogen (secondary N) is 1. The van der Waals surface area contributed by atoms with Gasteiger partial charge in [-0.2, -0.15) is 0 Å². The fourth-order valence-electron chi connectivity index (χ4n) is 4.03. The minimum atomic E-state index is -0.632. The molecule has 2 amide bonds. The van der Waals surface area contributed by atoms with Gasteiger partial charge in [0, 0.05) is 22.6 Å². The third-order valence-electron chi connectivity index (χ3n) is 6.02. The fraction of sp³-hybridized carbons (Fsp3) is 0.440. The molecule has 1 saturated carbocycles. The molecule has 1 aliphatic carbocycles. The number of nitrogens with zero attached hydrogens (tertiary/aromatic N) is 1. The van der Waals surface area contributed by atoms with E-state index in [4.69, 9.17) is 27.9 Å². The molecular formula is C25H30Cl2N2O3. The molecule has 1 fully saturated rings. The lowest BCUT2D eigenvalue weighted by molar-refractivity contribution is -0.140. The van der Waals surface area contributed by atoms with E-state index in [0.29, 0.717) is 22.2 Å². The summed E-state index contributed by atoms with van der Waals surface area (Å²) < 4.78 is 5.22. The summed E-state index contributed by atoms with van der Waals surface area (Å²) in [6.07, 6.45) is 5.45. The van der Waals surface area contributed by atoms with E-state index in [1.165, 1.54) is 6.42 Å². The largest absolute Gasteiger partial charge is 0.497 e. The Kier molecular flexibility index (Phi) is 8.83. The maximum Gasteiger partial charge on any atom is 0.242 e. The molecule has 3 rings (SSSR count). The second-order valence-corrected chi connectivity index (χ2v) is 9.08. The molecule has 0 unspecified atom stereocenters. The van der Waals surface area contributed by atoms with Gasteiger partial charge in [-0.05, 0) is 55.2 Å². The van der Waals surface area contributed by atoms with E-state index in [1.807, 2.05) is 24.3 Å². The Morgan fingerprint density at radius 1 is 1.06 bits per heavy atom. The number of hydrogen-bond acceptors (Lipinski definition) is 3. The molecule has 5 nitrogen and oxygen atoms in total. The Labute approximate surface area is 200 Å². The molecule has 0 bridgehead atoms. The van der Waals surface area contributed by atoms with Crippen molar-refractivity contribution in [1.29, 1.82) is 0 Å². The van der Waals surface area contributed by atoms with Crippen LogP contribution in [0.15, 0.2) is 42.5 Å². The van der Waals surface area contributed by atoms with E-state index < -0.39 is 6.04 Å². The highest BCUT2D eigenvalue weighted by Gasteiger charge is 2.29. The molecule has 2 aromatic rings. The quantitative estimate of drug-likeness (QED) is 0.553. The lowest BCUT2D eigenvalue weighted by Gasteiger charge is -2.31. The average Bonchev–Trinajstić information content (AvgIpc) is 2.80. The molecule has 172 valence electrons. The van der Waals surface area contributed by atoms with Gasteiger partial charge in [0.25, 0.3) is 0 Å². The zero-order valence-corrected chi connectivity index (χ0v) is 20.1. The van der Waals surface area contributed by atoms with Crippen LogP contribution in [0.1, 0.15) is 50.2 Å². The van der Waals surface area contributed by atoms with Crippen LogP contribution in [0.5, 0.6) is 5.75 Å². The van der Waals surface area contributed by atoms with Gasteiger partial charge in [0.2, 0.25) is 11.8 Å². The van der Waals surface area contributed by atoms with Gasteiger partial charge in [0.15, 0.2) is 0 Å². The van der Waals surface area contributed by atoms with Gasteiger partial charge in [0.1, 0.15) is 11.8 Å².